The highest BCUT2D eigenvalue weighted by Crippen LogP contribution is 2.39. The van der Waals surface area contributed by atoms with Gasteiger partial charge in [0.25, 0.3) is 5.91 Å². The summed E-state index contributed by atoms with van der Waals surface area (Å²) in [7, 11) is 0. The van der Waals surface area contributed by atoms with E-state index in [0.29, 0.717) is 38.0 Å². The predicted octanol–water partition coefficient (Wildman–Crippen LogP) is 6.54. The van der Waals surface area contributed by atoms with E-state index in [1.54, 1.807) is 36.0 Å². The monoisotopic (exact) mass is 540 g/mol. The van der Waals surface area contributed by atoms with Crippen LogP contribution in [0, 0.1) is 0 Å². The van der Waals surface area contributed by atoms with Crippen molar-refractivity contribution >= 4 is 63.2 Å². The van der Waals surface area contributed by atoms with Crippen molar-refractivity contribution in [3.8, 4) is 10.6 Å². The van der Waals surface area contributed by atoms with Gasteiger partial charge in [0, 0.05) is 27.7 Å². The molecule has 4 aromatic rings. The van der Waals surface area contributed by atoms with Gasteiger partial charge >= 0.3 is 0 Å². The number of benzene rings is 3. The minimum atomic E-state index is -0.275. The summed E-state index contributed by atoms with van der Waals surface area (Å²) < 4.78 is 0. The number of hydrogen-bond donors (Lipinski definition) is 1. The number of anilines is 1. The highest BCUT2D eigenvalue weighted by atomic mass is 35.5. The van der Waals surface area contributed by atoms with Crippen molar-refractivity contribution in [2.24, 2.45) is 0 Å². The van der Waals surface area contributed by atoms with Crippen LogP contribution < -0.4 is 5.32 Å². The van der Waals surface area contributed by atoms with Crippen LogP contribution in [0.2, 0.25) is 10.0 Å². The van der Waals surface area contributed by atoms with Gasteiger partial charge in [-0.05, 0) is 47.5 Å². The van der Waals surface area contributed by atoms with E-state index in [0.717, 1.165) is 16.7 Å². The Balaban J connectivity index is 1.26. The first-order valence-corrected chi connectivity index (χ1v) is 13.2. The summed E-state index contributed by atoms with van der Waals surface area (Å²) in [5.41, 5.74) is 3.35. The molecule has 1 atom stereocenters. The summed E-state index contributed by atoms with van der Waals surface area (Å²) in [5.74, 6) is 0.237. The lowest BCUT2D eigenvalue weighted by molar-refractivity contribution is -0.128. The molecule has 2 heterocycles. The molecule has 0 radical (unpaired) electrons. The lowest BCUT2D eigenvalue weighted by Crippen LogP contribution is -2.27. The standard InChI is InChI=1S/C25H18Cl2N4O2S2/c26-19-9-1-15(2-10-19)13-31-21(32)14-34-24(31)18-5-3-16(4-6-18)22(33)28-25-30-29-23(35-25)17-7-11-20(27)12-8-17/h1-12,24H,13-14H2,(H,28,30,33). The Morgan fingerprint density at radius 1 is 0.943 bits per heavy atom. The number of hydrogen-bond acceptors (Lipinski definition) is 6. The van der Waals surface area contributed by atoms with Gasteiger partial charge < -0.3 is 4.90 Å². The fourth-order valence-corrected chi connectivity index (χ4v) is 5.82. The Hall–Kier alpha value is -2.91. The van der Waals surface area contributed by atoms with Gasteiger partial charge in [-0.2, -0.15) is 0 Å². The highest BCUT2D eigenvalue weighted by molar-refractivity contribution is 8.00. The maximum Gasteiger partial charge on any atom is 0.257 e. The summed E-state index contributed by atoms with van der Waals surface area (Å²) in [6, 6.07) is 22.1. The van der Waals surface area contributed by atoms with Gasteiger partial charge in [0.05, 0.1) is 5.75 Å². The van der Waals surface area contributed by atoms with Crippen LogP contribution in [0.5, 0.6) is 0 Å². The second-order valence-corrected chi connectivity index (χ2v) is 10.7. The van der Waals surface area contributed by atoms with Gasteiger partial charge in [-0.15, -0.1) is 22.0 Å². The van der Waals surface area contributed by atoms with Crippen LogP contribution in [0.3, 0.4) is 0 Å². The molecule has 1 aliphatic heterocycles. The number of carbonyl (C=O) groups is 2. The topological polar surface area (TPSA) is 75.2 Å². The van der Waals surface area contributed by atoms with Gasteiger partial charge in [0.2, 0.25) is 11.0 Å². The van der Waals surface area contributed by atoms with Crippen molar-refractivity contribution in [2.45, 2.75) is 11.9 Å². The van der Waals surface area contributed by atoms with Crippen LogP contribution in [0.15, 0.2) is 72.8 Å². The summed E-state index contributed by atoms with van der Waals surface area (Å²) >= 11 is 14.8. The van der Waals surface area contributed by atoms with E-state index in [2.05, 4.69) is 15.5 Å². The van der Waals surface area contributed by atoms with Crippen LogP contribution in [-0.4, -0.2) is 32.7 Å². The lowest BCUT2D eigenvalue weighted by Gasteiger charge is -2.24. The molecule has 5 rings (SSSR count). The average molecular weight is 541 g/mol. The molecule has 3 aromatic carbocycles. The Kier molecular flexibility index (Phi) is 7.06. The molecule has 1 N–H and O–H groups in total. The summed E-state index contributed by atoms with van der Waals surface area (Å²) in [6.45, 7) is 0.503. The first kappa shape index (κ1) is 23.8. The Bertz CT molecular complexity index is 1360. The fourth-order valence-electron chi connectivity index (χ4n) is 3.64. The molecule has 10 heteroatoms. The highest BCUT2D eigenvalue weighted by Gasteiger charge is 2.32. The number of amides is 2. The van der Waals surface area contributed by atoms with Gasteiger partial charge in [-0.25, -0.2) is 0 Å². The van der Waals surface area contributed by atoms with Crippen molar-refractivity contribution in [1.82, 2.24) is 15.1 Å². The maximum absolute atomic E-state index is 12.8. The van der Waals surface area contributed by atoms with Crippen LogP contribution in [0.4, 0.5) is 5.13 Å². The molecule has 6 nitrogen and oxygen atoms in total. The van der Waals surface area contributed by atoms with E-state index in [-0.39, 0.29) is 17.2 Å². The number of nitrogens with one attached hydrogen (secondary N) is 1. The van der Waals surface area contributed by atoms with Crippen molar-refractivity contribution < 1.29 is 9.59 Å². The molecule has 1 saturated heterocycles. The third-order valence-electron chi connectivity index (χ3n) is 5.43. The van der Waals surface area contributed by atoms with E-state index >= 15 is 0 Å². The zero-order chi connectivity index (χ0) is 24.4. The van der Waals surface area contributed by atoms with Crippen molar-refractivity contribution in [1.29, 1.82) is 0 Å². The molecule has 1 aliphatic rings. The zero-order valence-corrected chi connectivity index (χ0v) is 21.3. The normalized spacial score (nSPS) is 15.4. The minimum Gasteiger partial charge on any atom is -0.322 e. The number of halogens is 2. The van der Waals surface area contributed by atoms with E-state index in [1.165, 1.54) is 11.3 Å². The fraction of sp³-hybridized carbons (Fsp3) is 0.120. The molecule has 35 heavy (non-hydrogen) atoms. The molecule has 176 valence electrons. The quantitative estimate of drug-likeness (QED) is 0.300. The Labute approximate surface area is 220 Å². The number of carbonyl (C=O) groups excluding carboxylic acids is 2. The Morgan fingerprint density at radius 2 is 1.60 bits per heavy atom. The number of nitrogens with zero attached hydrogens (tertiary/aromatic N) is 3. The van der Waals surface area contributed by atoms with Crippen molar-refractivity contribution in [3.63, 3.8) is 0 Å². The van der Waals surface area contributed by atoms with Gasteiger partial charge in [0.15, 0.2) is 0 Å². The van der Waals surface area contributed by atoms with Crippen LogP contribution in [-0.2, 0) is 11.3 Å². The maximum atomic E-state index is 12.8. The minimum absolute atomic E-state index is 0.0875. The summed E-state index contributed by atoms with van der Waals surface area (Å²) in [5, 5.41) is 13.3. The first-order valence-electron chi connectivity index (χ1n) is 10.6. The molecule has 2 amide bonds. The van der Waals surface area contributed by atoms with Crippen molar-refractivity contribution in [3.05, 3.63) is 99.5 Å². The molecular weight excluding hydrogens is 523 g/mol. The second kappa shape index (κ2) is 10.4. The third kappa shape index (κ3) is 5.51. The van der Waals surface area contributed by atoms with Crippen LogP contribution >= 0.6 is 46.3 Å². The number of rotatable bonds is 6. The van der Waals surface area contributed by atoms with E-state index < -0.39 is 0 Å². The SMILES string of the molecule is O=C(Nc1nnc(-c2ccc(Cl)cc2)s1)c1ccc(C2SCC(=O)N2Cc2ccc(Cl)cc2)cc1. The zero-order valence-electron chi connectivity index (χ0n) is 18.2. The molecule has 0 aliphatic carbocycles. The molecule has 0 saturated carbocycles. The molecule has 1 unspecified atom stereocenters. The smallest absolute Gasteiger partial charge is 0.257 e. The molecule has 0 bridgehead atoms. The number of aromatic nitrogens is 2. The van der Waals surface area contributed by atoms with Gasteiger partial charge in [-0.1, -0.05) is 70.9 Å². The Morgan fingerprint density at radius 3 is 2.29 bits per heavy atom. The van der Waals surface area contributed by atoms with E-state index in [4.69, 9.17) is 23.2 Å². The molecular formula is C25H18Cl2N4O2S2. The predicted molar refractivity (Wildman–Crippen MR) is 142 cm³/mol. The first-order chi connectivity index (χ1) is 17.0. The molecule has 0 spiro atoms. The molecule has 1 fully saturated rings. The third-order valence-corrected chi connectivity index (χ3v) is 8.08. The molecule has 1 aromatic heterocycles. The van der Waals surface area contributed by atoms with Crippen LogP contribution in [0.1, 0.15) is 26.9 Å². The van der Waals surface area contributed by atoms with E-state index in [1.807, 2.05) is 53.4 Å². The average Bonchev–Trinajstić information content (AvgIpc) is 3.48. The number of thioether (sulfide) groups is 1. The van der Waals surface area contributed by atoms with E-state index in [9.17, 15) is 9.59 Å². The van der Waals surface area contributed by atoms with Crippen molar-refractivity contribution in [2.75, 3.05) is 11.1 Å². The van der Waals surface area contributed by atoms with Gasteiger partial charge in [-0.3, -0.25) is 14.9 Å². The summed E-state index contributed by atoms with van der Waals surface area (Å²) in [4.78, 5) is 27.1. The summed E-state index contributed by atoms with van der Waals surface area (Å²) in [6.07, 6.45) is 0. The van der Waals surface area contributed by atoms with Crippen LogP contribution in [0.25, 0.3) is 10.6 Å². The van der Waals surface area contributed by atoms with Gasteiger partial charge in [0.1, 0.15) is 10.4 Å². The largest absolute Gasteiger partial charge is 0.322 e. The lowest BCUT2D eigenvalue weighted by atomic mass is 10.1. The second-order valence-electron chi connectivity index (χ2n) is 7.81.